The number of benzene rings is 2. The van der Waals surface area contributed by atoms with Gasteiger partial charge in [-0.3, -0.25) is 0 Å². The number of nitrogens with zero attached hydrogens (tertiary/aromatic N) is 1. The number of aliphatic imine (C=N–C) groups is 1. The van der Waals surface area contributed by atoms with Crippen LogP contribution in [-0.4, -0.2) is 16.7 Å². The number of hydrogen-bond donors (Lipinski definition) is 0. The fourth-order valence-corrected chi connectivity index (χ4v) is 3.74. The van der Waals surface area contributed by atoms with E-state index in [9.17, 15) is 0 Å². The zero-order chi connectivity index (χ0) is 17.0. The lowest BCUT2D eigenvalue weighted by Crippen LogP contribution is -1.90. The highest BCUT2D eigenvalue weighted by Crippen LogP contribution is 2.22. The highest BCUT2D eigenvalue weighted by Gasteiger charge is 1.99. The van der Waals surface area contributed by atoms with Crippen LogP contribution in [0.1, 0.15) is 18.4 Å². The molecule has 0 aliphatic carbocycles. The Morgan fingerprint density at radius 3 is 2.50 bits per heavy atom. The Kier molecular flexibility index (Phi) is 9.11. The first-order chi connectivity index (χ1) is 11.8. The zero-order valence-corrected chi connectivity index (χ0v) is 16.2. The summed E-state index contributed by atoms with van der Waals surface area (Å²) in [6.45, 7) is 2.09. The molecule has 0 atom stereocenters. The van der Waals surface area contributed by atoms with E-state index in [0.717, 1.165) is 35.2 Å². The Bertz CT molecular complexity index is 651. The minimum Gasteiger partial charge on any atom is -0.242 e. The van der Waals surface area contributed by atoms with Crippen LogP contribution in [0.25, 0.3) is 0 Å². The molecule has 2 aromatic rings. The van der Waals surface area contributed by atoms with Crippen LogP contribution in [0, 0.1) is 6.92 Å². The topological polar surface area (TPSA) is 12.4 Å². The first-order valence-corrected chi connectivity index (χ1v) is 10.4. The van der Waals surface area contributed by atoms with Gasteiger partial charge >= 0.3 is 0 Å². The molecule has 2 aromatic carbocycles. The quantitative estimate of drug-likeness (QED) is 0.160. The lowest BCUT2D eigenvalue weighted by molar-refractivity contribution is 0.905. The molecule has 1 nitrogen and oxygen atoms in total. The smallest absolute Gasteiger partial charge is 0.0972 e. The van der Waals surface area contributed by atoms with Gasteiger partial charge in [0.05, 0.1) is 10.7 Å². The minimum atomic E-state index is 0.727. The van der Waals surface area contributed by atoms with Gasteiger partial charge < -0.3 is 0 Å². The van der Waals surface area contributed by atoms with E-state index < -0.39 is 0 Å². The van der Waals surface area contributed by atoms with Crippen molar-refractivity contribution in [1.82, 2.24) is 0 Å². The normalized spacial score (nSPS) is 12.0. The molecule has 2 rings (SSSR count). The molecule has 0 amide bonds. The van der Waals surface area contributed by atoms with Crippen molar-refractivity contribution < 1.29 is 0 Å². The second-order valence-corrected chi connectivity index (χ2v) is 7.74. The monoisotopic (exact) mass is 375 g/mol. The van der Waals surface area contributed by atoms with Gasteiger partial charge in [-0.1, -0.05) is 47.7 Å². The molecule has 0 spiro atoms. The van der Waals surface area contributed by atoms with Crippen molar-refractivity contribution in [1.29, 1.82) is 0 Å². The molecule has 0 aliphatic rings. The maximum Gasteiger partial charge on any atom is 0.0972 e. The summed E-state index contributed by atoms with van der Waals surface area (Å²) in [5.74, 6) is 1.77. The van der Waals surface area contributed by atoms with Crippen molar-refractivity contribution in [3.63, 3.8) is 0 Å². The van der Waals surface area contributed by atoms with Crippen molar-refractivity contribution in [3.8, 4) is 0 Å². The number of thioether (sulfide) groups is 2. The Hall–Kier alpha value is -1.16. The van der Waals surface area contributed by atoms with Crippen LogP contribution in [0.2, 0.25) is 0 Å². The van der Waals surface area contributed by atoms with Gasteiger partial charge in [-0.05, 0) is 61.3 Å². The molecular formula is C20H22ClNS2. The van der Waals surface area contributed by atoms with Crippen LogP contribution in [0.4, 0.5) is 5.69 Å². The Morgan fingerprint density at radius 2 is 1.79 bits per heavy atom. The average molecular weight is 376 g/mol. The van der Waals surface area contributed by atoms with Gasteiger partial charge in [-0.15, -0.1) is 23.4 Å². The van der Waals surface area contributed by atoms with Crippen LogP contribution in [0.3, 0.4) is 0 Å². The Labute approximate surface area is 158 Å². The van der Waals surface area contributed by atoms with Crippen molar-refractivity contribution in [2.45, 2.75) is 24.7 Å². The van der Waals surface area contributed by atoms with Crippen LogP contribution < -0.4 is 0 Å². The molecule has 0 aromatic heterocycles. The highest BCUT2D eigenvalue weighted by molar-refractivity contribution is 8.14. The van der Waals surface area contributed by atoms with E-state index in [-0.39, 0.29) is 0 Å². The van der Waals surface area contributed by atoms with Gasteiger partial charge in [0.1, 0.15) is 0 Å². The number of halogens is 1. The maximum atomic E-state index is 5.76. The molecule has 0 unspecified atom stereocenters. The molecule has 0 heterocycles. The van der Waals surface area contributed by atoms with Gasteiger partial charge in [-0.25, -0.2) is 4.99 Å². The summed E-state index contributed by atoms with van der Waals surface area (Å²) in [7, 11) is 0. The largest absolute Gasteiger partial charge is 0.242 e. The fourth-order valence-electron chi connectivity index (χ4n) is 1.91. The summed E-state index contributed by atoms with van der Waals surface area (Å²) in [6, 6.07) is 18.7. The summed E-state index contributed by atoms with van der Waals surface area (Å²) in [5.41, 5.74) is 2.25. The summed E-state index contributed by atoms with van der Waals surface area (Å²) in [4.78, 5) is 6.01. The predicted octanol–water partition coefficient (Wildman–Crippen LogP) is 7.08. The molecule has 0 saturated carbocycles. The average Bonchev–Trinajstić information content (AvgIpc) is 2.61. The lowest BCUT2D eigenvalue weighted by Gasteiger charge is -2.03. The van der Waals surface area contributed by atoms with E-state index in [2.05, 4.69) is 66.9 Å². The lowest BCUT2D eigenvalue weighted by atomic mass is 10.2. The maximum absolute atomic E-state index is 5.76. The van der Waals surface area contributed by atoms with E-state index in [1.54, 1.807) is 23.5 Å². The number of unbranched alkanes of at least 4 members (excludes halogenated alkanes) is 1. The van der Waals surface area contributed by atoms with Crippen molar-refractivity contribution in [3.05, 3.63) is 71.6 Å². The first-order valence-electron chi connectivity index (χ1n) is 8.00. The minimum absolute atomic E-state index is 0.727. The Morgan fingerprint density at radius 1 is 1.04 bits per heavy atom. The summed E-state index contributed by atoms with van der Waals surface area (Å²) in [6.07, 6.45) is 4.26. The number of aryl methyl sites for hydroxylation is 1. The second-order valence-electron chi connectivity index (χ2n) is 5.26. The summed E-state index contributed by atoms with van der Waals surface area (Å²) in [5, 5.41) is 3.15. The molecule has 0 N–H and O–H groups in total. The summed E-state index contributed by atoms with van der Waals surface area (Å²) < 4.78 is 0. The van der Waals surface area contributed by atoms with E-state index in [4.69, 9.17) is 16.6 Å². The van der Waals surface area contributed by atoms with E-state index in [0.29, 0.717) is 0 Å². The van der Waals surface area contributed by atoms with Crippen LogP contribution in [0.5, 0.6) is 0 Å². The third-order valence-corrected chi connectivity index (χ3v) is 5.31. The van der Waals surface area contributed by atoms with Gasteiger partial charge in [-0.2, -0.15) is 0 Å². The molecule has 126 valence electrons. The van der Waals surface area contributed by atoms with E-state index in [1.807, 2.05) is 6.07 Å². The molecule has 0 bridgehead atoms. The molecule has 0 saturated heterocycles. The van der Waals surface area contributed by atoms with Crippen molar-refractivity contribution >= 4 is 45.9 Å². The standard InChI is InChI=1S/C20H22ClNS2/c1-17-9-11-18(12-10-17)22-20(24-15-6-5-14-21)13-16-23-19-7-3-2-4-8-19/h2-4,7-13,16H,5-6,14-15H2,1H3. The van der Waals surface area contributed by atoms with Gasteiger partial charge in [0.25, 0.3) is 0 Å². The van der Waals surface area contributed by atoms with E-state index in [1.165, 1.54) is 10.5 Å². The number of rotatable bonds is 8. The first kappa shape index (κ1) is 19.2. The van der Waals surface area contributed by atoms with Crippen LogP contribution in [0.15, 0.2) is 76.0 Å². The van der Waals surface area contributed by atoms with Gasteiger partial charge in [0, 0.05) is 10.8 Å². The highest BCUT2D eigenvalue weighted by atomic mass is 35.5. The zero-order valence-electron chi connectivity index (χ0n) is 13.8. The van der Waals surface area contributed by atoms with Gasteiger partial charge in [0.15, 0.2) is 0 Å². The van der Waals surface area contributed by atoms with E-state index >= 15 is 0 Å². The summed E-state index contributed by atoms with van der Waals surface area (Å²) >= 11 is 9.25. The molecule has 4 heteroatoms. The third-order valence-electron chi connectivity index (χ3n) is 3.21. The number of hydrogen-bond acceptors (Lipinski definition) is 3. The molecule has 24 heavy (non-hydrogen) atoms. The molecule has 0 fully saturated rings. The SMILES string of the molecule is Cc1ccc(N=C(C=CSc2ccccc2)SCCCCCl)cc1. The fraction of sp³-hybridized carbons (Fsp3) is 0.250. The molecule has 0 radical (unpaired) electrons. The Balaban J connectivity index is 2.02. The van der Waals surface area contributed by atoms with Crippen LogP contribution >= 0.6 is 35.1 Å². The molecular weight excluding hydrogens is 354 g/mol. The van der Waals surface area contributed by atoms with Gasteiger partial charge in [0.2, 0.25) is 0 Å². The van der Waals surface area contributed by atoms with Crippen molar-refractivity contribution in [2.75, 3.05) is 11.6 Å². The van der Waals surface area contributed by atoms with Crippen molar-refractivity contribution in [2.24, 2.45) is 4.99 Å². The third kappa shape index (κ3) is 7.61. The second kappa shape index (κ2) is 11.4. The number of alkyl halides is 1. The van der Waals surface area contributed by atoms with Crippen LogP contribution in [-0.2, 0) is 0 Å². The predicted molar refractivity (Wildman–Crippen MR) is 112 cm³/mol. The molecule has 0 aliphatic heterocycles.